The number of hydrogen-bond acceptors (Lipinski definition) is 5. The van der Waals surface area contributed by atoms with Gasteiger partial charge in [-0.2, -0.15) is 0 Å². The predicted octanol–water partition coefficient (Wildman–Crippen LogP) is 6.17. The Morgan fingerprint density at radius 3 is 2.20 bits per heavy atom. The van der Waals surface area contributed by atoms with Crippen molar-refractivity contribution < 1.29 is 13.7 Å². The van der Waals surface area contributed by atoms with Gasteiger partial charge in [0.25, 0.3) is 0 Å². The van der Waals surface area contributed by atoms with Crippen LogP contribution in [0.1, 0.15) is 47.1 Å². The van der Waals surface area contributed by atoms with Crippen molar-refractivity contribution in [2.75, 3.05) is 12.4 Å². The van der Waals surface area contributed by atoms with Gasteiger partial charge in [-0.1, -0.05) is 26.0 Å². The number of thiazole rings is 1. The predicted molar refractivity (Wildman–Crippen MR) is 145 cm³/mol. The third-order valence-corrected chi connectivity index (χ3v) is 8.36. The van der Waals surface area contributed by atoms with Crippen molar-refractivity contribution in [1.29, 1.82) is 0 Å². The highest BCUT2D eigenvalue weighted by atomic mass is 32.2. The molecule has 0 saturated heterocycles. The minimum Gasteiger partial charge on any atom is -0.497 e. The van der Waals surface area contributed by atoms with E-state index >= 15 is 0 Å². The van der Waals surface area contributed by atoms with Crippen molar-refractivity contribution in [3.8, 4) is 17.0 Å². The van der Waals surface area contributed by atoms with E-state index in [1.165, 1.54) is 11.3 Å². The van der Waals surface area contributed by atoms with Crippen molar-refractivity contribution in [2.45, 2.75) is 64.9 Å². The molecule has 3 aromatic rings. The molecule has 0 aliphatic carbocycles. The molecule has 1 atom stereocenters. The van der Waals surface area contributed by atoms with Gasteiger partial charge in [0.15, 0.2) is 5.13 Å². The van der Waals surface area contributed by atoms with Gasteiger partial charge in [0, 0.05) is 28.4 Å². The average Bonchev–Trinajstić information content (AvgIpc) is 3.27. The Morgan fingerprint density at radius 2 is 1.66 bits per heavy atom. The Labute approximate surface area is 215 Å². The van der Waals surface area contributed by atoms with Crippen molar-refractivity contribution in [3.05, 3.63) is 59.5 Å². The highest BCUT2D eigenvalue weighted by molar-refractivity contribution is 7.82. The maximum absolute atomic E-state index is 13.1. The average molecular weight is 514 g/mol. The minimum absolute atomic E-state index is 0.0911. The molecule has 1 aromatic heterocycles. The molecule has 8 heteroatoms. The topological polar surface area (TPSA) is 71.5 Å². The lowest BCUT2D eigenvalue weighted by atomic mass is 9.85. The van der Waals surface area contributed by atoms with Crippen LogP contribution in [-0.4, -0.2) is 38.6 Å². The molecule has 1 N–H and O–H groups in total. The number of hydrogen-bond donors (Lipinski definition) is 1. The molecule has 0 fully saturated rings. The second-order valence-electron chi connectivity index (χ2n) is 9.72. The zero-order valence-electron chi connectivity index (χ0n) is 21.5. The Hall–Kier alpha value is -2.55. The van der Waals surface area contributed by atoms with Gasteiger partial charge in [0.1, 0.15) is 16.7 Å². The third-order valence-electron chi connectivity index (χ3n) is 5.71. The van der Waals surface area contributed by atoms with Gasteiger partial charge in [-0.25, -0.2) is 13.5 Å². The van der Waals surface area contributed by atoms with E-state index in [2.05, 4.69) is 38.0 Å². The van der Waals surface area contributed by atoms with Gasteiger partial charge < -0.3 is 10.1 Å². The first-order valence-electron chi connectivity index (χ1n) is 11.7. The van der Waals surface area contributed by atoms with Crippen molar-refractivity contribution in [2.24, 2.45) is 5.41 Å². The van der Waals surface area contributed by atoms with Crippen LogP contribution in [0.3, 0.4) is 0 Å². The number of ether oxygens (including phenoxy) is 1. The van der Waals surface area contributed by atoms with Crippen molar-refractivity contribution >= 4 is 33.4 Å². The molecule has 0 bridgehead atoms. The second-order valence-corrected chi connectivity index (χ2v) is 12.0. The Morgan fingerprint density at radius 1 is 1.06 bits per heavy atom. The number of methoxy groups -OCH3 is 1. The second kappa shape index (κ2) is 11.5. The van der Waals surface area contributed by atoms with Crippen LogP contribution < -0.4 is 10.1 Å². The number of benzene rings is 2. The molecule has 3 rings (SSSR count). The summed E-state index contributed by atoms with van der Waals surface area (Å²) < 4.78 is 20.2. The maximum atomic E-state index is 13.1. The zero-order chi connectivity index (χ0) is 25.8. The molecule has 1 unspecified atom stereocenters. The van der Waals surface area contributed by atoms with Crippen molar-refractivity contribution in [1.82, 2.24) is 9.29 Å². The Bertz CT molecular complexity index is 1150. The molecule has 0 radical (unpaired) electrons. The highest BCUT2D eigenvalue weighted by Crippen LogP contribution is 2.29. The van der Waals surface area contributed by atoms with Crippen LogP contribution in [0.15, 0.2) is 58.8 Å². The number of carbonyl (C=O) groups is 1. The van der Waals surface area contributed by atoms with Gasteiger partial charge in [-0.05, 0) is 76.1 Å². The Balaban J connectivity index is 1.65. The summed E-state index contributed by atoms with van der Waals surface area (Å²) in [5, 5.41) is 5.48. The van der Waals surface area contributed by atoms with Crippen LogP contribution in [0.25, 0.3) is 11.3 Å². The lowest BCUT2D eigenvalue weighted by Gasteiger charge is -2.29. The van der Waals surface area contributed by atoms with E-state index in [1.54, 1.807) is 7.11 Å². The van der Waals surface area contributed by atoms with Gasteiger partial charge in [-0.15, -0.1) is 11.3 Å². The quantitative estimate of drug-likeness (QED) is 0.352. The Kier molecular flexibility index (Phi) is 8.85. The summed E-state index contributed by atoms with van der Waals surface area (Å²) >= 11 is 1.40. The first-order valence-corrected chi connectivity index (χ1v) is 13.7. The van der Waals surface area contributed by atoms with E-state index in [0.29, 0.717) is 11.6 Å². The smallest absolute Gasteiger partial charge is 0.232 e. The standard InChI is InChI=1S/C27H35N3O3S2/c1-18(2)30(19(3)4)35(32)23-14-8-20(9-15-23)16-27(5,6)25(31)29-26-28-24(17-34-26)21-10-12-22(33-7)13-11-21/h8-15,17-19H,16H2,1-7H3,(H,28,29,31). The summed E-state index contributed by atoms with van der Waals surface area (Å²) in [5.74, 6) is 0.697. The van der Waals surface area contributed by atoms with Gasteiger partial charge in [-0.3, -0.25) is 4.79 Å². The number of carbonyl (C=O) groups excluding carboxylic acids is 1. The highest BCUT2D eigenvalue weighted by Gasteiger charge is 2.29. The number of rotatable bonds is 10. The summed E-state index contributed by atoms with van der Waals surface area (Å²) in [6.07, 6.45) is 0.556. The maximum Gasteiger partial charge on any atom is 0.232 e. The number of amides is 1. The van der Waals surface area contributed by atoms with E-state index in [9.17, 15) is 9.00 Å². The molecule has 0 spiro atoms. The molecule has 0 saturated carbocycles. The van der Waals surface area contributed by atoms with Gasteiger partial charge >= 0.3 is 0 Å². The number of anilines is 1. The first-order chi connectivity index (χ1) is 16.5. The largest absolute Gasteiger partial charge is 0.497 e. The molecule has 0 aliphatic heterocycles. The summed E-state index contributed by atoms with van der Waals surface area (Å²) in [5.41, 5.74) is 2.15. The lowest BCUT2D eigenvalue weighted by Crippen LogP contribution is -2.38. The molecule has 0 aliphatic rings. The summed E-state index contributed by atoms with van der Waals surface area (Å²) in [4.78, 5) is 18.4. The normalized spacial score (nSPS) is 12.9. The first kappa shape index (κ1) is 27.0. The zero-order valence-corrected chi connectivity index (χ0v) is 23.1. The van der Waals surface area contributed by atoms with Crippen LogP contribution in [0.4, 0.5) is 5.13 Å². The molecular formula is C27H35N3O3S2. The van der Waals surface area contributed by atoms with E-state index < -0.39 is 16.4 Å². The summed E-state index contributed by atoms with van der Waals surface area (Å²) in [6.45, 7) is 12.1. The van der Waals surface area contributed by atoms with E-state index in [0.717, 1.165) is 27.5 Å². The molecule has 1 amide bonds. The van der Waals surface area contributed by atoms with E-state index in [1.807, 2.05) is 72.1 Å². The molecule has 6 nitrogen and oxygen atoms in total. The summed E-state index contributed by atoms with van der Waals surface area (Å²) in [7, 11) is 0.411. The van der Waals surface area contributed by atoms with Crippen LogP contribution in [-0.2, 0) is 22.2 Å². The van der Waals surface area contributed by atoms with Gasteiger partial charge in [0.05, 0.1) is 17.7 Å². The molecule has 2 aromatic carbocycles. The fourth-order valence-corrected chi connectivity index (χ4v) is 6.00. The number of nitrogens with one attached hydrogen (secondary N) is 1. The molecule has 35 heavy (non-hydrogen) atoms. The fourth-order valence-electron chi connectivity index (χ4n) is 3.91. The van der Waals surface area contributed by atoms with E-state index in [4.69, 9.17) is 4.74 Å². The van der Waals surface area contributed by atoms with Gasteiger partial charge in [0.2, 0.25) is 5.91 Å². The third kappa shape index (κ3) is 6.78. The van der Waals surface area contributed by atoms with Crippen LogP contribution >= 0.6 is 11.3 Å². The van der Waals surface area contributed by atoms with Crippen molar-refractivity contribution in [3.63, 3.8) is 0 Å². The monoisotopic (exact) mass is 513 g/mol. The molecular weight excluding hydrogens is 478 g/mol. The molecule has 188 valence electrons. The lowest BCUT2D eigenvalue weighted by molar-refractivity contribution is -0.123. The van der Waals surface area contributed by atoms with E-state index in [-0.39, 0.29) is 18.0 Å². The fraction of sp³-hybridized carbons (Fsp3) is 0.407. The number of aromatic nitrogens is 1. The SMILES string of the molecule is COc1ccc(-c2csc(NC(=O)C(C)(C)Cc3ccc(S(=O)N(C(C)C)C(C)C)cc3)n2)cc1. The molecule has 1 heterocycles. The minimum atomic E-state index is -1.22. The van der Waals surface area contributed by atoms with Crippen LogP contribution in [0.5, 0.6) is 5.75 Å². The van der Waals surface area contributed by atoms with Crippen LogP contribution in [0, 0.1) is 5.41 Å². The van der Waals surface area contributed by atoms with Crippen LogP contribution in [0.2, 0.25) is 0 Å². The number of nitrogens with zero attached hydrogens (tertiary/aromatic N) is 2. The summed E-state index contributed by atoms with van der Waals surface area (Å²) in [6, 6.07) is 15.8.